The molecule has 1 aliphatic rings. The second-order valence-corrected chi connectivity index (χ2v) is 5.81. The van der Waals surface area contributed by atoms with Crippen molar-refractivity contribution >= 4 is 17.7 Å². The number of rotatable bonds is 7. The van der Waals surface area contributed by atoms with E-state index in [2.05, 4.69) is 10.6 Å². The third kappa shape index (κ3) is 6.32. The number of hydrogen-bond acceptors (Lipinski definition) is 4. The van der Waals surface area contributed by atoms with Gasteiger partial charge in [-0.3, -0.25) is 9.69 Å². The van der Waals surface area contributed by atoms with Gasteiger partial charge in [-0.2, -0.15) is 24.9 Å². The number of piperazine rings is 1. The lowest BCUT2D eigenvalue weighted by Crippen LogP contribution is -2.57. The van der Waals surface area contributed by atoms with E-state index in [0.717, 1.165) is 12.2 Å². The predicted octanol–water partition coefficient (Wildman–Crippen LogP) is 1.08. The number of hydrogen-bond donors (Lipinski definition) is 2. The maximum atomic E-state index is 13.0. The van der Waals surface area contributed by atoms with Crippen LogP contribution in [0, 0.1) is 0 Å². The maximum absolute atomic E-state index is 13.0. The van der Waals surface area contributed by atoms with Crippen LogP contribution in [0.2, 0.25) is 0 Å². The van der Waals surface area contributed by atoms with Crippen LogP contribution in [0.5, 0.6) is 0 Å². The van der Waals surface area contributed by atoms with Crippen LogP contribution in [-0.2, 0) is 4.79 Å². The molecule has 0 spiro atoms. The Labute approximate surface area is 121 Å². The quantitative estimate of drug-likeness (QED) is 0.691. The first-order valence-corrected chi connectivity index (χ1v) is 7.96. The molecule has 1 amide bonds. The van der Waals surface area contributed by atoms with Crippen molar-refractivity contribution in [1.29, 1.82) is 0 Å². The van der Waals surface area contributed by atoms with Gasteiger partial charge in [0.1, 0.15) is 6.04 Å². The van der Waals surface area contributed by atoms with Gasteiger partial charge in [0.15, 0.2) is 0 Å². The second-order valence-electron chi connectivity index (χ2n) is 4.70. The van der Waals surface area contributed by atoms with Gasteiger partial charge in [0.2, 0.25) is 5.91 Å². The number of nitrogens with zero attached hydrogens (tertiary/aromatic N) is 1. The number of alkyl halides is 3. The van der Waals surface area contributed by atoms with Gasteiger partial charge in [-0.1, -0.05) is 6.92 Å². The molecule has 1 aliphatic heterocycles. The zero-order valence-electron chi connectivity index (χ0n) is 11.6. The van der Waals surface area contributed by atoms with Crippen molar-refractivity contribution in [2.24, 2.45) is 0 Å². The summed E-state index contributed by atoms with van der Waals surface area (Å²) in [5.41, 5.74) is 0. The van der Waals surface area contributed by atoms with Gasteiger partial charge in [-0.15, -0.1) is 0 Å². The van der Waals surface area contributed by atoms with Crippen LogP contribution >= 0.6 is 11.8 Å². The molecule has 1 unspecified atom stereocenters. The van der Waals surface area contributed by atoms with Crippen LogP contribution in [-0.4, -0.2) is 67.3 Å². The van der Waals surface area contributed by atoms with E-state index in [9.17, 15) is 18.0 Å². The zero-order valence-corrected chi connectivity index (χ0v) is 12.4. The summed E-state index contributed by atoms with van der Waals surface area (Å²) in [6.45, 7) is 3.43. The maximum Gasteiger partial charge on any atom is 0.405 e. The van der Waals surface area contributed by atoms with Crippen molar-refractivity contribution in [2.75, 3.05) is 44.2 Å². The smallest absolute Gasteiger partial charge is 0.353 e. The molecule has 0 aromatic carbocycles. The Balaban J connectivity index is 2.42. The fraction of sp³-hybridized carbons (Fsp3) is 0.917. The van der Waals surface area contributed by atoms with Gasteiger partial charge in [0.05, 0.1) is 5.75 Å². The average molecular weight is 313 g/mol. The van der Waals surface area contributed by atoms with Gasteiger partial charge < -0.3 is 10.6 Å². The molecule has 0 aromatic heterocycles. The largest absolute Gasteiger partial charge is 0.405 e. The molecule has 1 atom stereocenters. The van der Waals surface area contributed by atoms with Crippen LogP contribution in [0.1, 0.15) is 13.3 Å². The molecule has 0 aliphatic carbocycles. The normalized spacial score (nSPS) is 18.8. The molecule has 0 bridgehead atoms. The molecule has 118 valence electrons. The predicted molar refractivity (Wildman–Crippen MR) is 74.9 cm³/mol. The highest BCUT2D eigenvalue weighted by atomic mass is 32.2. The first kappa shape index (κ1) is 17.6. The molecule has 4 nitrogen and oxygen atoms in total. The Kier molecular flexibility index (Phi) is 7.68. The summed E-state index contributed by atoms with van der Waals surface area (Å²) in [5.74, 6) is 0.737. The van der Waals surface area contributed by atoms with Gasteiger partial charge in [0.25, 0.3) is 0 Å². The molecule has 0 saturated carbocycles. The molecule has 1 fully saturated rings. The van der Waals surface area contributed by atoms with Crippen molar-refractivity contribution in [3.63, 3.8) is 0 Å². The first-order chi connectivity index (χ1) is 9.45. The van der Waals surface area contributed by atoms with E-state index in [1.165, 1.54) is 16.7 Å². The number of thioether (sulfide) groups is 1. The fourth-order valence-electron chi connectivity index (χ4n) is 2.02. The van der Waals surface area contributed by atoms with Crippen LogP contribution in [0.25, 0.3) is 0 Å². The van der Waals surface area contributed by atoms with Crippen molar-refractivity contribution in [2.45, 2.75) is 25.6 Å². The lowest BCUT2D eigenvalue weighted by atomic mass is 10.2. The Morgan fingerprint density at radius 3 is 2.60 bits per heavy atom. The van der Waals surface area contributed by atoms with Crippen molar-refractivity contribution < 1.29 is 18.0 Å². The van der Waals surface area contributed by atoms with Gasteiger partial charge in [-0.05, 0) is 12.2 Å². The van der Waals surface area contributed by atoms with E-state index in [0.29, 0.717) is 26.2 Å². The standard InChI is InChI=1S/C12H22F3N3OS/c1-2-7-20-9-11(19)17-8-10(12(13,14)15)18-5-3-16-4-6-18/h10,16H,2-9H2,1H3,(H,17,19). The zero-order chi connectivity index (χ0) is 15.0. The van der Waals surface area contributed by atoms with Crippen LogP contribution in [0.15, 0.2) is 0 Å². The topological polar surface area (TPSA) is 44.4 Å². The molecule has 1 heterocycles. The number of carbonyl (C=O) groups is 1. The minimum absolute atomic E-state index is 0.222. The molecule has 0 radical (unpaired) electrons. The summed E-state index contributed by atoms with van der Waals surface area (Å²) in [4.78, 5) is 12.9. The van der Waals surface area contributed by atoms with Crippen molar-refractivity contribution in [3.8, 4) is 0 Å². The summed E-state index contributed by atoms with van der Waals surface area (Å²) >= 11 is 1.44. The SMILES string of the molecule is CCCSCC(=O)NCC(N1CCNCC1)C(F)(F)F. The molecule has 1 saturated heterocycles. The summed E-state index contributed by atoms with van der Waals surface area (Å²) in [6, 6.07) is -1.59. The van der Waals surface area contributed by atoms with E-state index in [4.69, 9.17) is 0 Å². The summed E-state index contributed by atoms with van der Waals surface area (Å²) in [6.07, 6.45) is -3.37. The minimum atomic E-state index is -4.32. The third-order valence-electron chi connectivity index (χ3n) is 3.04. The highest BCUT2D eigenvalue weighted by Gasteiger charge is 2.43. The van der Waals surface area contributed by atoms with E-state index >= 15 is 0 Å². The molecular formula is C12H22F3N3OS. The molecule has 2 N–H and O–H groups in total. The number of nitrogens with one attached hydrogen (secondary N) is 2. The van der Waals surface area contributed by atoms with Gasteiger partial charge in [0, 0.05) is 32.7 Å². The summed E-state index contributed by atoms with van der Waals surface area (Å²) < 4.78 is 39.1. The number of halogens is 3. The Hall–Kier alpha value is -0.470. The highest BCUT2D eigenvalue weighted by molar-refractivity contribution is 7.99. The van der Waals surface area contributed by atoms with Gasteiger partial charge >= 0.3 is 6.18 Å². The Morgan fingerprint density at radius 1 is 1.40 bits per heavy atom. The molecule has 8 heteroatoms. The highest BCUT2D eigenvalue weighted by Crippen LogP contribution is 2.24. The first-order valence-electron chi connectivity index (χ1n) is 6.81. The van der Waals surface area contributed by atoms with E-state index in [1.807, 2.05) is 6.92 Å². The van der Waals surface area contributed by atoms with Crippen molar-refractivity contribution in [3.05, 3.63) is 0 Å². The van der Waals surface area contributed by atoms with E-state index in [-0.39, 0.29) is 18.2 Å². The van der Waals surface area contributed by atoms with Crippen LogP contribution in [0.3, 0.4) is 0 Å². The number of amides is 1. The average Bonchev–Trinajstić information content (AvgIpc) is 2.39. The Bertz CT molecular complexity index is 296. The lowest BCUT2D eigenvalue weighted by Gasteiger charge is -2.35. The minimum Gasteiger partial charge on any atom is -0.353 e. The molecular weight excluding hydrogens is 291 g/mol. The summed E-state index contributed by atoms with van der Waals surface area (Å²) in [7, 11) is 0. The monoisotopic (exact) mass is 313 g/mol. The molecule has 0 aromatic rings. The van der Waals surface area contributed by atoms with Crippen molar-refractivity contribution in [1.82, 2.24) is 15.5 Å². The lowest BCUT2D eigenvalue weighted by molar-refractivity contribution is -0.183. The fourth-order valence-corrected chi connectivity index (χ4v) is 2.74. The molecule has 1 rings (SSSR count). The second kappa shape index (κ2) is 8.74. The third-order valence-corrected chi connectivity index (χ3v) is 4.21. The van der Waals surface area contributed by atoms with Crippen LogP contribution < -0.4 is 10.6 Å². The molecule has 20 heavy (non-hydrogen) atoms. The number of carbonyl (C=O) groups excluding carboxylic acids is 1. The van der Waals surface area contributed by atoms with Crippen LogP contribution in [0.4, 0.5) is 13.2 Å². The van der Waals surface area contributed by atoms with Gasteiger partial charge in [-0.25, -0.2) is 0 Å². The van der Waals surface area contributed by atoms with E-state index < -0.39 is 12.2 Å². The van der Waals surface area contributed by atoms with E-state index in [1.54, 1.807) is 0 Å². The Morgan fingerprint density at radius 2 is 2.05 bits per heavy atom. The summed E-state index contributed by atoms with van der Waals surface area (Å²) in [5, 5.41) is 5.42.